The minimum atomic E-state index is 0.723. The van der Waals surface area contributed by atoms with Gasteiger partial charge in [0.05, 0.1) is 0 Å². The van der Waals surface area contributed by atoms with Crippen LogP contribution in [0.2, 0.25) is 0 Å². The average Bonchev–Trinajstić information content (AvgIpc) is 2.49. The highest BCUT2D eigenvalue weighted by atomic mass is 14.1. The first-order valence-corrected chi connectivity index (χ1v) is 10.1. The molecule has 0 bridgehead atoms. The van der Waals surface area contributed by atoms with Crippen molar-refractivity contribution in [3.05, 3.63) is 6.92 Å². The highest BCUT2D eigenvalue weighted by molar-refractivity contribution is 4.62. The maximum Gasteiger partial charge on any atom is -0.0414 e. The van der Waals surface area contributed by atoms with Gasteiger partial charge in [-0.25, -0.2) is 0 Å². The van der Waals surface area contributed by atoms with Gasteiger partial charge in [0.2, 0.25) is 0 Å². The molecule has 0 aromatic heterocycles. The Morgan fingerprint density at radius 1 is 0.476 bits per heavy atom. The zero-order valence-corrected chi connectivity index (χ0v) is 15.3. The highest BCUT2D eigenvalue weighted by Crippen LogP contribution is 2.18. The Hall–Kier alpha value is 0. The first-order valence-electron chi connectivity index (χ1n) is 10.1. The Balaban J connectivity index is 3.11. The van der Waals surface area contributed by atoms with Gasteiger partial charge in [-0.3, -0.25) is 0 Å². The molecule has 0 aliphatic rings. The van der Waals surface area contributed by atoms with Crippen molar-refractivity contribution in [3.8, 4) is 0 Å². The summed E-state index contributed by atoms with van der Waals surface area (Å²) in [4.78, 5) is 0. The molecule has 0 fully saturated rings. The van der Waals surface area contributed by atoms with Gasteiger partial charge < -0.3 is 0 Å². The van der Waals surface area contributed by atoms with Gasteiger partial charge in [0.1, 0.15) is 0 Å². The molecule has 0 aromatic rings. The molecule has 0 aromatic carbocycles. The summed E-state index contributed by atoms with van der Waals surface area (Å²) in [6.07, 6.45) is 24.2. The van der Waals surface area contributed by atoms with Crippen LogP contribution in [-0.2, 0) is 0 Å². The third-order valence-electron chi connectivity index (χ3n) is 4.68. The van der Waals surface area contributed by atoms with E-state index in [-0.39, 0.29) is 0 Å². The van der Waals surface area contributed by atoms with Crippen LogP contribution < -0.4 is 0 Å². The van der Waals surface area contributed by atoms with E-state index in [0.29, 0.717) is 0 Å². The van der Waals surface area contributed by atoms with Crippen molar-refractivity contribution in [2.75, 3.05) is 0 Å². The van der Waals surface area contributed by atoms with Gasteiger partial charge in [-0.2, -0.15) is 0 Å². The van der Waals surface area contributed by atoms with Gasteiger partial charge in [-0.05, 0) is 5.92 Å². The zero-order valence-electron chi connectivity index (χ0n) is 15.3. The molecule has 0 spiro atoms. The van der Waals surface area contributed by atoms with Crippen LogP contribution in [0.4, 0.5) is 0 Å². The Morgan fingerprint density at radius 3 is 1.10 bits per heavy atom. The summed E-state index contributed by atoms with van der Waals surface area (Å²) in [6, 6.07) is 0. The van der Waals surface area contributed by atoms with Gasteiger partial charge in [-0.1, -0.05) is 130 Å². The third-order valence-corrected chi connectivity index (χ3v) is 4.68. The molecule has 1 unspecified atom stereocenters. The van der Waals surface area contributed by atoms with Crippen LogP contribution in [0.5, 0.6) is 0 Å². The lowest BCUT2D eigenvalue weighted by molar-refractivity contribution is 0.461. The third kappa shape index (κ3) is 18.0. The van der Waals surface area contributed by atoms with Crippen LogP contribution in [0.3, 0.4) is 0 Å². The van der Waals surface area contributed by atoms with E-state index in [1.54, 1.807) is 0 Å². The molecule has 0 N–H and O–H groups in total. The minimum absolute atomic E-state index is 0.723. The van der Waals surface area contributed by atoms with Crippen molar-refractivity contribution in [2.45, 2.75) is 123 Å². The maximum absolute atomic E-state index is 4.34. The Kier molecular flexibility index (Phi) is 18.1. The highest BCUT2D eigenvalue weighted by Gasteiger charge is 2.02. The fraction of sp³-hybridized carbons (Fsp3) is 0.952. The van der Waals surface area contributed by atoms with E-state index < -0.39 is 0 Å². The van der Waals surface area contributed by atoms with Crippen molar-refractivity contribution in [3.63, 3.8) is 0 Å². The van der Waals surface area contributed by atoms with E-state index in [4.69, 9.17) is 0 Å². The predicted molar refractivity (Wildman–Crippen MR) is 98.7 cm³/mol. The van der Waals surface area contributed by atoms with Crippen molar-refractivity contribution in [2.24, 2.45) is 5.92 Å². The second kappa shape index (κ2) is 18.1. The molecular formula is C21H43. The summed E-state index contributed by atoms with van der Waals surface area (Å²) in [6.45, 7) is 8.93. The van der Waals surface area contributed by atoms with Gasteiger partial charge >= 0.3 is 0 Å². The molecule has 0 rings (SSSR count). The van der Waals surface area contributed by atoms with E-state index in [1.807, 2.05) is 0 Å². The Labute approximate surface area is 136 Å². The van der Waals surface area contributed by atoms with E-state index >= 15 is 0 Å². The molecule has 1 radical (unpaired) electrons. The minimum Gasteiger partial charge on any atom is -0.0654 e. The standard InChI is InChI=1S/C21H43/c1-4-6-8-10-12-14-16-18-20-21(3)19-17-15-13-11-9-7-5-2/h21H,3-20H2,1-2H3. The molecule has 21 heavy (non-hydrogen) atoms. The predicted octanol–water partition coefficient (Wildman–Crippen LogP) is 8.11. The Morgan fingerprint density at radius 2 is 0.762 bits per heavy atom. The summed E-state index contributed by atoms with van der Waals surface area (Å²) in [5, 5.41) is 0. The molecule has 0 aliphatic carbocycles. The smallest absolute Gasteiger partial charge is 0.0414 e. The number of hydrogen-bond acceptors (Lipinski definition) is 0. The number of rotatable bonds is 17. The fourth-order valence-corrected chi connectivity index (χ4v) is 3.10. The SMILES string of the molecule is [CH2]C(CCCCCCCCC)CCCCCCCCCC. The molecular weight excluding hydrogens is 252 g/mol. The molecule has 0 saturated carbocycles. The fourth-order valence-electron chi connectivity index (χ4n) is 3.10. The van der Waals surface area contributed by atoms with E-state index in [1.165, 1.54) is 109 Å². The van der Waals surface area contributed by atoms with Crippen molar-refractivity contribution >= 4 is 0 Å². The average molecular weight is 296 g/mol. The monoisotopic (exact) mass is 295 g/mol. The van der Waals surface area contributed by atoms with E-state index in [0.717, 1.165) is 5.92 Å². The van der Waals surface area contributed by atoms with Crippen LogP contribution >= 0.6 is 0 Å². The van der Waals surface area contributed by atoms with Crippen LogP contribution in [0, 0.1) is 12.8 Å². The Bertz CT molecular complexity index is 173. The normalized spacial score (nSPS) is 12.7. The zero-order chi connectivity index (χ0) is 15.6. The number of hydrogen-bond donors (Lipinski definition) is 0. The first-order chi connectivity index (χ1) is 10.3. The summed E-state index contributed by atoms with van der Waals surface area (Å²) >= 11 is 0. The first kappa shape index (κ1) is 21.0. The van der Waals surface area contributed by atoms with Crippen molar-refractivity contribution in [1.29, 1.82) is 0 Å². The molecule has 0 aliphatic heterocycles. The summed E-state index contributed by atoms with van der Waals surface area (Å²) in [5.74, 6) is 0.723. The van der Waals surface area contributed by atoms with Crippen LogP contribution in [-0.4, -0.2) is 0 Å². The molecule has 0 nitrogen and oxygen atoms in total. The summed E-state index contributed by atoms with van der Waals surface area (Å²) in [5.41, 5.74) is 0. The summed E-state index contributed by atoms with van der Waals surface area (Å²) in [7, 11) is 0. The van der Waals surface area contributed by atoms with Gasteiger partial charge in [0.25, 0.3) is 0 Å². The molecule has 1 atom stereocenters. The second-order valence-corrected chi connectivity index (χ2v) is 7.04. The van der Waals surface area contributed by atoms with Crippen molar-refractivity contribution < 1.29 is 0 Å². The second-order valence-electron chi connectivity index (χ2n) is 7.04. The molecule has 0 heterocycles. The van der Waals surface area contributed by atoms with Crippen LogP contribution in [0.15, 0.2) is 0 Å². The largest absolute Gasteiger partial charge is 0.0654 e. The van der Waals surface area contributed by atoms with Crippen LogP contribution in [0.1, 0.15) is 123 Å². The molecule has 0 saturated heterocycles. The lowest BCUT2D eigenvalue weighted by Crippen LogP contribution is -1.95. The van der Waals surface area contributed by atoms with Gasteiger partial charge in [-0.15, -0.1) is 0 Å². The topological polar surface area (TPSA) is 0 Å². The van der Waals surface area contributed by atoms with E-state index in [9.17, 15) is 0 Å². The lowest BCUT2D eigenvalue weighted by atomic mass is 9.96. The lowest BCUT2D eigenvalue weighted by Gasteiger charge is -2.11. The van der Waals surface area contributed by atoms with Crippen LogP contribution in [0.25, 0.3) is 0 Å². The maximum atomic E-state index is 4.34. The molecule has 127 valence electrons. The molecule has 0 heteroatoms. The molecule has 0 amide bonds. The van der Waals surface area contributed by atoms with Crippen molar-refractivity contribution in [1.82, 2.24) is 0 Å². The van der Waals surface area contributed by atoms with Gasteiger partial charge in [0.15, 0.2) is 0 Å². The summed E-state index contributed by atoms with van der Waals surface area (Å²) < 4.78 is 0. The van der Waals surface area contributed by atoms with Gasteiger partial charge in [0, 0.05) is 0 Å². The number of unbranched alkanes of at least 4 members (excludes halogenated alkanes) is 13. The van der Waals surface area contributed by atoms with E-state index in [2.05, 4.69) is 20.8 Å². The quantitative estimate of drug-likeness (QED) is 0.238.